The first-order valence-corrected chi connectivity index (χ1v) is 11.7. The number of benzene rings is 1. The van der Waals surface area contributed by atoms with Gasteiger partial charge in [0, 0.05) is 36.0 Å². The summed E-state index contributed by atoms with van der Waals surface area (Å²) in [5, 5.41) is 11.6. The van der Waals surface area contributed by atoms with Crippen molar-refractivity contribution in [2.75, 3.05) is 32.8 Å². The zero-order valence-electron chi connectivity index (χ0n) is 16.4. The van der Waals surface area contributed by atoms with Crippen LogP contribution in [0.4, 0.5) is 0 Å². The molecule has 9 heteroatoms. The number of phenolic OH excluding ortho intramolecular Hbond substituents is 1. The van der Waals surface area contributed by atoms with E-state index in [1.807, 2.05) is 6.07 Å². The van der Waals surface area contributed by atoms with E-state index in [4.69, 9.17) is 9.72 Å². The van der Waals surface area contributed by atoms with Gasteiger partial charge in [0.05, 0.1) is 35.4 Å². The Kier molecular flexibility index (Phi) is 5.51. The Morgan fingerprint density at radius 2 is 2.10 bits per heavy atom. The molecule has 1 saturated heterocycles. The molecule has 0 amide bonds. The largest absolute Gasteiger partial charge is 0.506 e. The fourth-order valence-corrected chi connectivity index (χ4v) is 5.60. The number of aromatic hydroxyl groups is 1. The van der Waals surface area contributed by atoms with Gasteiger partial charge in [0.2, 0.25) is 0 Å². The minimum atomic E-state index is -0.0494. The average molecular weight is 443 g/mol. The van der Waals surface area contributed by atoms with Crippen molar-refractivity contribution < 1.29 is 9.84 Å². The Hall–Kier alpha value is -2.33. The monoisotopic (exact) mass is 442 g/mol. The molecule has 7 nitrogen and oxygen atoms in total. The summed E-state index contributed by atoms with van der Waals surface area (Å²) in [6.07, 6.45) is 3.45. The van der Waals surface area contributed by atoms with Crippen molar-refractivity contribution in [1.29, 1.82) is 0 Å². The van der Waals surface area contributed by atoms with Crippen LogP contribution in [0.25, 0.3) is 20.3 Å². The van der Waals surface area contributed by atoms with E-state index in [-0.39, 0.29) is 11.3 Å². The second-order valence-corrected chi connectivity index (χ2v) is 9.35. The van der Waals surface area contributed by atoms with Gasteiger partial charge in [-0.3, -0.25) is 19.2 Å². The molecule has 1 aliphatic rings. The molecular formula is C21H22N4O3S2. The number of aryl methyl sites for hydroxylation is 1. The highest BCUT2D eigenvalue weighted by molar-refractivity contribution is 7.25. The summed E-state index contributed by atoms with van der Waals surface area (Å²) in [6, 6.07) is 5.30. The van der Waals surface area contributed by atoms with E-state index in [1.54, 1.807) is 28.4 Å². The smallest absolute Gasteiger partial charge is 0.263 e. The summed E-state index contributed by atoms with van der Waals surface area (Å²) in [6.45, 7) is 4.91. The van der Waals surface area contributed by atoms with Gasteiger partial charge in [-0.05, 0) is 19.0 Å². The number of thiazole rings is 1. The quantitative estimate of drug-likeness (QED) is 0.494. The lowest BCUT2D eigenvalue weighted by Crippen LogP contribution is -2.37. The van der Waals surface area contributed by atoms with E-state index in [9.17, 15) is 9.90 Å². The van der Waals surface area contributed by atoms with E-state index in [2.05, 4.69) is 9.88 Å². The highest BCUT2D eigenvalue weighted by atomic mass is 32.1. The summed E-state index contributed by atoms with van der Waals surface area (Å²) in [5.41, 5.74) is 1.73. The van der Waals surface area contributed by atoms with Crippen LogP contribution < -0.4 is 5.56 Å². The van der Waals surface area contributed by atoms with Crippen LogP contribution in [0.3, 0.4) is 0 Å². The van der Waals surface area contributed by atoms with Gasteiger partial charge >= 0.3 is 0 Å². The molecule has 4 aromatic rings. The summed E-state index contributed by atoms with van der Waals surface area (Å²) in [4.78, 5) is 26.7. The Bertz CT molecular complexity index is 1230. The van der Waals surface area contributed by atoms with Crippen molar-refractivity contribution >= 4 is 43.0 Å². The van der Waals surface area contributed by atoms with E-state index >= 15 is 0 Å². The van der Waals surface area contributed by atoms with Gasteiger partial charge in [-0.1, -0.05) is 12.1 Å². The molecule has 0 saturated carbocycles. The molecule has 0 spiro atoms. The third-order valence-corrected chi connectivity index (χ3v) is 7.34. The van der Waals surface area contributed by atoms with Crippen molar-refractivity contribution in [2.45, 2.75) is 19.4 Å². The summed E-state index contributed by atoms with van der Waals surface area (Å²) < 4.78 is 7.92. The summed E-state index contributed by atoms with van der Waals surface area (Å²) in [5.74, 6) is 0.984. The van der Waals surface area contributed by atoms with Crippen LogP contribution in [-0.2, 0) is 17.7 Å². The standard InChI is InChI=1S/C21H22N4O3S2/c26-16-4-1-3-15-18-20(30-19(15)16)23-17(5-2-6-24-7-9-28-10-8-24)25(21(18)27)12-14-11-22-13-29-14/h1,3-4,11,13,26H,2,5-10,12H2. The molecule has 156 valence electrons. The van der Waals surface area contributed by atoms with Gasteiger partial charge in [-0.25, -0.2) is 4.98 Å². The average Bonchev–Trinajstić information content (AvgIpc) is 3.40. The lowest BCUT2D eigenvalue weighted by Gasteiger charge is -2.26. The van der Waals surface area contributed by atoms with Gasteiger partial charge in [-0.15, -0.1) is 22.7 Å². The molecule has 0 aliphatic carbocycles. The van der Waals surface area contributed by atoms with E-state index in [0.717, 1.165) is 61.8 Å². The maximum Gasteiger partial charge on any atom is 0.263 e. The minimum Gasteiger partial charge on any atom is -0.506 e. The van der Waals surface area contributed by atoms with E-state index in [1.165, 1.54) is 22.7 Å². The molecule has 4 heterocycles. The molecule has 3 aromatic heterocycles. The van der Waals surface area contributed by atoms with Crippen molar-refractivity contribution in [3.63, 3.8) is 0 Å². The van der Waals surface area contributed by atoms with Crippen LogP contribution in [0.1, 0.15) is 17.1 Å². The third kappa shape index (κ3) is 3.74. The first kappa shape index (κ1) is 19.6. The predicted octanol–water partition coefficient (Wildman–Crippen LogP) is 3.09. The predicted molar refractivity (Wildman–Crippen MR) is 120 cm³/mol. The molecule has 0 bridgehead atoms. The number of morpholine rings is 1. The number of fused-ring (bicyclic) bond motifs is 3. The molecule has 1 aromatic carbocycles. The highest BCUT2D eigenvalue weighted by Gasteiger charge is 2.18. The molecule has 30 heavy (non-hydrogen) atoms. The highest BCUT2D eigenvalue weighted by Crippen LogP contribution is 2.36. The van der Waals surface area contributed by atoms with Crippen LogP contribution in [0.5, 0.6) is 5.75 Å². The second-order valence-electron chi connectivity index (χ2n) is 7.38. The Balaban J connectivity index is 1.54. The Labute approximate surface area is 181 Å². The number of phenols is 1. The number of thiophene rings is 1. The van der Waals surface area contributed by atoms with Crippen LogP contribution in [-0.4, -0.2) is 57.4 Å². The van der Waals surface area contributed by atoms with Gasteiger partial charge in [0.15, 0.2) is 0 Å². The molecular weight excluding hydrogens is 420 g/mol. The Morgan fingerprint density at radius 3 is 2.90 bits per heavy atom. The van der Waals surface area contributed by atoms with E-state index < -0.39 is 0 Å². The topological polar surface area (TPSA) is 80.5 Å². The molecule has 1 N–H and O–H groups in total. The minimum absolute atomic E-state index is 0.0494. The summed E-state index contributed by atoms with van der Waals surface area (Å²) >= 11 is 2.92. The molecule has 1 aliphatic heterocycles. The van der Waals surface area contributed by atoms with Crippen LogP contribution in [0, 0.1) is 0 Å². The van der Waals surface area contributed by atoms with Gasteiger partial charge < -0.3 is 9.84 Å². The number of hydrogen-bond donors (Lipinski definition) is 1. The SMILES string of the molecule is O=c1c2c(nc(CCCN3CCOCC3)n1Cc1cncs1)sc1c(O)cccc12. The molecule has 0 atom stereocenters. The second kappa shape index (κ2) is 8.43. The Morgan fingerprint density at radius 1 is 1.23 bits per heavy atom. The number of hydrogen-bond acceptors (Lipinski definition) is 8. The molecule has 5 rings (SSSR count). The van der Waals surface area contributed by atoms with Gasteiger partial charge in [0.1, 0.15) is 16.4 Å². The van der Waals surface area contributed by atoms with Gasteiger partial charge in [-0.2, -0.15) is 0 Å². The van der Waals surface area contributed by atoms with E-state index in [0.29, 0.717) is 21.5 Å². The zero-order valence-corrected chi connectivity index (χ0v) is 18.0. The number of aromatic nitrogens is 3. The van der Waals surface area contributed by atoms with Crippen molar-refractivity contribution in [2.24, 2.45) is 0 Å². The first-order chi connectivity index (χ1) is 14.7. The molecule has 1 fully saturated rings. The fourth-order valence-electron chi connectivity index (χ4n) is 3.92. The van der Waals surface area contributed by atoms with Crippen LogP contribution >= 0.6 is 22.7 Å². The fraction of sp³-hybridized carbons (Fsp3) is 0.381. The summed E-state index contributed by atoms with van der Waals surface area (Å²) in [7, 11) is 0. The van der Waals surface area contributed by atoms with Crippen LogP contribution in [0.2, 0.25) is 0 Å². The third-order valence-electron chi connectivity index (χ3n) is 5.45. The lowest BCUT2D eigenvalue weighted by molar-refractivity contribution is 0.0374. The number of nitrogens with zero attached hydrogens (tertiary/aromatic N) is 4. The maximum absolute atomic E-state index is 13.5. The zero-order chi connectivity index (χ0) is 20.5. The van der Waals surface area contributed by atoms with Crippen molar-refractivity contribution in [3.05, 3.63) is 51.0 Å². The molecule has 0 unspecified atom stereocenters. The first-order valence-electron chi connectivity index (χ1n) is 10.0. The lowest BCUT2D eigenvalue weighted by atomic mass is 10.2. The van der Waals surface area contributed by atoms with Crippen molar-refractivity contribution in [3.8, 4) is 5.75 Å². The normalized spacial score (nSPS) is 15.3. The van der Waals surface area contributed by atoms with Crippen LogP contribution in [0.15, 0.2) is 34.7 Å². The van der Waals surface area contributed by atoms with Crippen molar-refractivity contribution in [1.82, 2.24) is 19.4 Å². The van der Waals surface area contributed by atoms with Gasteiger partial charge in [0.25, 0.3) is 5.56 Å². The molecule has 0 radical (unpaired) electrons. The number of rotatable bonds is 6. The maximum atomic E-state index is 13.5. The number of ether oxygens (including phenoxy) is 1.